The van der Waals surface area contributed by atoms with E-state index in [0.717, 1.165) is 30.0 Å². The molecule has 0 aromatic heterocycles. The second kappa shape index (κ2) is 5.47. The van der Waals surface area contributed by atoms with Gasteiger partial charge in [0.15, 0.2) is 0 Å². The number of fused-ring (bicyclic) bond motifs is 1. The smallest absolute Gasteiger partial charge is 0.338 e. The number of hydrogen-bond acceptors (Lipinski definition) is 3. The number of ether oxygens (including phenoxy) is 1. The monoisotopic (exact) mass is 278 g/mol. The van der Waals surface area contributed by atoms with Gasteiger partial charge >= 0.3 is 5.97 Å². The largest absolute Gasteiger partial charge is 0.462 e. The summed E-state index contributed by atoms with van der Waals surface area (Å²) in [5.41, 5.74) is 2.58. The number of carbonyl (C=O) groups excluding carboxylic acids is 1. The van der Waals surface area contributed by atoms with E-state index in [-0.39, 0.29) is 5.97 Å². The molecule has 1 aromatic rings. The van der Waals surface area contributed by atoms with Crippen LogP contribution >= 0.6 is 0 Å². The molecule has 19 heavy (non-hydrogen) atoms. The first-order chi connectivity index (χ1) is 8.87. The quantitative estimate of drug-likeness (QED) is 0.680. The molecule has 0 spiro atoms. The third kappa shape index (κ3) is 3.67. The van der Waals surface area contributed by atoms with Crippen molar-refractivity contribution in [3.8, 4) is 0 Å². The van der Waals surface area contributed by atoms with Crippen molar-refractivity contribution >= 4 is 14.0 Å². The summed E-state index contributed by atoms with van der Waals surface area (Å²) in [6.45, 7) is 7.26. The third-order valence-electron chi connectivity index (χ3n) is 3.51. The maximum absolute atomic E-state index is 11.9. The number of aliphatic hydroxyl groups excluding tert-OH is 1. The zero-order valence-electron chi connectivity index (χ0n) is 11.9. The van der Waals surface area contributed by atoms with Gasteiger partial charge in [-0.15, -0.1) is 0 Å². The molecule has 3 nitrogen and oxygen atoms in total. The van der Waals surface area contributed by atoms with Gasteiger partial charge in [0.2, 0.25) is 0 Å². The summed E-state index contributed by atoms with van der Waals surface area (Å²) in [5, 5.41) is 9.82. The summed E-state index contributed by atoms with van der Waals surface area (Å²) in [5.74, 6) is -0.278. The van der Waals surface area contributed by atoms with Gasteiger partial charge in [-0.25, -0.2) is 4.79 Å². The molecule has 0 aliphatic heterocycles. The lowest BCUT2D eigenvalue weighted by Gasteiger charge is -2.15. The maximum Gasteiger partial charge on any atom is 0.338 e. The maximum atomic E-state index is 11.9. The minimum atomic E-state index is -1.17. The van der Waals surface area contributed by atoms with E-state index in [1.54, 1.807) is 12.1 Å². The van der Waals surface area contributed by atoms with Crippen molar-refractivity contribution in [2.45, 2.75) is 44.6 Å². The molecule has 0 amide bonds. The number of aryl methyl sites for hydroxylation is 1. The fourth-order valence-electron chi connectivity index (χ4n) is 2.24. The number of rotatable bonds is 4. The first-order valence-electron chi connectivity index (χ1n) is 6.85. The normalized spacial score (nSPS) is 18.2. The van der Waals surface area contributed by atoms with Crippen LogP contribution in [-0.2, 0) is 11.2 Å². The number of esters is 1. The number of aliphatic hydroxyl groups is 1. The Labute approximate surface area is 115 Å². The Morgan fingerprint density at radius 3 is 2.84 bits per heavy atom. The molecule has 4 heteroatoms. The molecule has 104 valence electrons. The molecular weight excluding hydrogens is 256 g/mol. The molecule has 1 N–H and O–H groups in total. The van der Waals surface area contributed by atoms with Crippen LogP contribution in [0.1, 0.15) is 34.0 Å². The van der Waals surface area contributed by atoms with E-state index >= 15 is 0 Å². The van der Waals surface area contributed by atoms with Crippen LogP contribution in [0.4, 0.5) is 0 Å². The lowest BCUT2D eigenvalue weighted by atomic mass is 10.1. The molecule has 0 radical (unpaired) electrons. The van der Waals surface area contributed by atoms with Gasteiger partial charge in [-0.1, -0.05) is 25.7 Å². The molecule has 0 heterocycles. The van der Waals surface area contributed by atoms with Gasteiger partial charge in [-0.3, -0.25) is 0 Å². The first kappa shape index (κ1) is 14.3. The van der Waals surface area contributed by atoms with Gasteiger partial charge in [-0.05, 0) is 42.1 Å². The van der Waals surface area contributed by atoms with Crippen LogP contribution in [0.3, 0.4) is 0 Å². The van der Waals surface area contributed by atoms with Gasteiger partial charge in [0.05, 0.1) is 18.3 Å². The Kier molecular flexibility index (Phi) is 4.11. The van der Waals surface area contributed by atoms with Crippen molar-refractivity contribution in [2.75, 3.05) is 6.61 Å². The van der Waals surface area contributed by atoms with Gasteiger partial charge in [0.25, 0.3) is 0 Å². The molecule has 1 aliphatic rings. The van der Waals surface area contributed by atoms with E-state index in [9.17, 15) is 9.90 Å². The topological polar surface area (TPSA) is 46.5 Å². The molecule has 0 unspecified atom stereocenters. The van der Waals surface area contributed by atoms with Crippen LogP contribution in [0.5, 0.6) is 0 Å². The lowest BCUT2D eigenvalue weighted by Crippen LogP contribution is -2.22. The van der Waals surface area contributed by atoms with Crippen molar-refractivity contribution in [3.63, 3.8) is 0 Å². The van der Waals surface area contributed by atoms with Crippen molar-refractivity contribution in [3.05, 3.63) is 34.9 Å². The fraction of sp³-hybridized carbons (Fsp3) is 0.533. The SMILES string of the molecule is C[Si](C)(C)CCOC(=O)c1ccc2c(c1)[C@@H](O)CC2. The minimum Gasteiger partial charge on any atom is -0.462 e. The number of carbonyl (C=O) groups is 1. The lowest BCUT2D eigenvalue weighted by molar-refractivity contribution is 0.0525. The summed E-state index contributed by atoms with van der Waals surface area (Å²) in [6.07, 6.45) is 1.22. The molecular formula is C15H22O3Si. The highest BCUT2D eigenvalue weighted by atomic mass is 28.3. The highest BCUT2D eigenvalue weighted by Crippen LogP contribution is 2.31. The Morgan fingerprint density at radius 1 is 1.42 bits per heavy atom. The number of hydrogen-bond donors (Lipinski definition) is 1. The highest BCUT2D eigenvalue weighted by molar-refractivity contribution is 6.76. The van der Waals surface area contributed by atoms with Gasteiger partial charge in [0, 0.05) is 8.07 Å². The average Bonchev–Trinajstić information content (AvgIpc) is 2.69. The molecule has 1 atom stereocenters. The van der Waals surface area contributed by atoms with E-state index < -0.39 is 14.2 Å². The van der Waals surface area contributed by atoms with E-state index in [1.807, 2.05) is 6.07 Å². The van der Waals surface area contributed by atoms with Crippen LogP contribution in [0.15, 0.2) is 18.2 Å². The Balaban J connectivity index is 1.99. The molecule has 1 aliphatic carbocycles. The van der Waals surface area contributed by atoms with Crippen LogP contribution in [0, 0.1) is 0 Å². The van der Waals surface area contributed by atoms with Crippen LogP contribution in [0.2, 0.25) is 25.7 Å². The summed E-state index contributed by atoms with van der Waals surface area (Å²) >= 11 is 0. The first-order valence-corrected chi connectivity index (χ1v) is 10.6. The number of benzene rings is 1. The zero-order valence-corrected chi connectivity index (χ0v) is 12.9. The molecule has 0 saturated heterocycles. The molecule has 1 aromatic carbocycles. The van der Waals surface area contributed by atoms with E-state index in [4.69, 9.17) is 4.74 Å². The average molecular weight is 278 g/mol. The Morgan fingerprint density at radius 2 is 2.16 bits per heavy atom. The Hall–Kier alpha value is -1.13. The fourth-order valence-corrected chi connectivity index (χ4v) is 2.96. The highest BCUT2D eigenvalue weighted by Gasteiger charge is 2.22. The summed E-state index contributed by atoms with van der Waals surface area (Å²) < 4.78 is 5.31. The second-order valence-corrected chi connectivity index (χ2v) is 12.0. The zero-order chi connectivity index (χ0) is 14.0. The van der Waals surface area contributed by atoms with Gasteiger partial charge < -0.3 is 9.84 Å². The predicted molar refractivity (Wildman–Crippen MR) is 78.2 cm³/mol. The predicted octanol–water partition coefficient (Wildman–Crippen LogP) is 3.16. The second-order valence-electron chi connectivity index (χ2n) is 6.41. The van der Waals surface area contributed by atoms with E-state index in [0.29, 0.717) is 12.2 Å². The van der Waals surface area contributed by atoms with Gasteiger partial charge in [-0.2, -0.15) is 0 Å². The molecule has 2 rings (SSSR count). The molecule has 0 saturated carbocycles. The summed E-state index contributed by atoms with van der Waals surface area (Å²) in [4.78, 5) is 11.9. The van der Waals surface area contributed by atoms with Crippen LogP contribution in [0.25, 0.3) is 0 Å². The third-order valence-corrected chi connectivity index (χ3v) is 5.22. The molecule has 0 bridgehead atoms. The standard InChI is InChI=1S/C15H22O3Si/c1-19(2,3)9-8-18-15(17)12-5-4-11-6-7-14(16)13(11)10-12/h4-5,10,14,16H,6-9H2,1-3H3/t14-/m0/s1. The molecule has 0 fully saturated rings. The van der Waals surface area contributed by atoms with E-state index in [1.165, 1.54) is 0 Å². The van der Waals surface area contributed by atoms with Crippen molar-refractivity contribution in [1.82, 2.24) is 0 Å². The Bertz CT molecular complexity index is 477. The van der Waals surface area contributed by atoms with Crippen molar-refractivity contribution in [2.24, 2.45) is 0 Å². The van der Waals surface area contributed by atoms with Crippen LogP contribution < -0.4 is 0 Å². The van der Waals surface area contributed by atoms with Crippen molar-refractivity contribution in [1.29, 1.82) is 0 Å². The van der Waals surface area contributed by atoms with E-state index in [2.05, 4.69) is 19.6 Å². The van der Waals surface area contributed by atoms with Crippen LogP contribution in [-0.4, -0.2) is 25.8 Å². The van der Waals surface area contributed by atoms with Gasteiger partial charge in [0.1, 0.15) is 0 Å². The summed E-state index contributed by atoms with van der Waals surface area (Å²) in [6, 6.07) is 6.49. The minimum absolute atomic E-state index is 0.278. The summed E-state index contributed by atoms with van der Waals surface area (Å²) in [7, 11) is -1.17. The van der Waals surface area contributed by atoms with Crippen molar-refractivity contribution < 1.29 is 14.6 Å².